The Bertz CT molecular complexity index is 971. The van der Waals surface area contributed by atoms with Gasteiger partial charge >= 0.3 is 0 Å². The molecule has 0 radical (unpaired) electrons. The van der Waals surface area contributed by atoms with Gasteiger partial charge in [0, 0.05) is 30.4 Å². The largest absolute Gasteiger partial charge is 0.493 e. The molecule has 0 aliphatic heterocycles. The summed E-state index contributed by atoms with van der Waals surface area (Å²) in [7, 11) is 3.21. The number of nitrogens with one attached hydrogen (secondary N) is 1. The lowest BCUT2D eigenvalue weighted by Crippen LogP contribution is -2.35. The summed E-state index contributed by atoms with van der Waals surface area (Å²) in [5.74, 6) is 2.70. The number of nitrogens with zero attached hydrogens (tertiary/aromatic N) is 2. The van der Waals surface area contributed by atoms with Crippen molar-refractivity contribution in [3.05, 3.63) is 53.3 Å². The number of anilines is 1. The van der Waals surface area contributed by atoms with Crippen LogP contribution < -0.4 is 19.1 Å². The van der Waals surface area contributed by atoms with Crippen LogP contribution in [0.3, 0.4) is 0 Å². The van der Waals surface area contributed by atoms with Crippen molar-refractivity contribution in [3.8, 4) is 28.6 Å². The molecule has 0 saturated heterocycles. The van der Waals surface area contributed by atoms with Gasteiger partial charge in [-0.3, -0.25) is 0 Å². The fourth-order valence-corrected chi connectivity index (χ4v) is 3.35. The van der Waals surface area contributed by atoms with Crippen LogP contribution in [0.15, 0.2) is 42.5 Å². The van der Waals surface area contributed by atoms with Gasteiger partial charge in [0.2, 0.25) is 0 Å². The first-order valence-electron chi connectivity index (χ1n) is 10.1. The molecule has 0 spiro atoms. The number of aromatic amines is 1. The highest BCUT2D eigenvalue weighted by molar-refractivity contribution is 6.30. The van der Waals surface area contributed by atoms with Crippen molar-refractivity contribution < 1.29 is 19.3 Å². The van der Waals surface area contributed by atoms with Crippen molar-refractivity contribution >= 4 is 17.3 Å². The minimum atomic E-state index is -0.667. The van der Waals surface area contributed by atoms with E-state index in [1.165, 1.54) is 0 Å². The molecule has 0 saturated carbocycles. The Kier molecular flexibility index (Phi) is 7.65. The van der Waals surface area contributed by atoms with Gasteiger partial charge in [0.25, 0.3) is 0 Å². The highest BCUT2D eigenvalue weighted by atomic mass is 35.5. The van der Waals surface area contributed by atoms with E-state index >= 15 is 0 Å². The smallest absolute Gasteiger partial charge is 0.162 e. The van der Waals surface area contributed by atoms with Gasteiger partial charge in [-0.2, -0.15) is 0 Å². The number of hydrogen-bond acceptors (Lipinski definition) is 6. The van der Waals surface area contributed by atoms with E-state index in [4.69, 9.17) is 25.8 Å². The molecule has 1 heterocycles. The Hall–Kier alpha value is -2.90. The lowest BCUT2D eigenvalue weighted by molar-refractivity contribution is 0.112. The second kappa shape index (κ2) is 10.4. The summed E-state index contributed by atoms with van der Waals surface area (Å²) in [6.07, 6.45) is -0.667. The Labute approximate surface area is 187 Å². The molecular formula is C23H28ClN3O4. The quantitative estimate of drug-likeness (QED) is 0.483. The topological polar surface area (TPSA) is 79.8 Å². The number of H-pyrrole nitrogens is 1. The number of methoxy groups -OCH3 is 2. The number of imidazole rings is 1. The molecule has 0 bridgehead atoms. The summed E-state index contributed by atoms with van der Waals surface area (Å²) in [5.41, 5.74) is 2.68. The standard InChI is InChI=1S/C23H28ClN3O4/c1-5-27(17-8-11-20(29-3)21(12-17)30-4)13-18(28)14-31-19-9-6-16(7-10-19)23-25-15(2)22(24)26-23/h6-12,18,28H,5,13-14H2,1-4H3,(H,25,26). The van der Waals surface area contributed by atoms with Crippen LogP contribution in [0.1, 0.15) is 12.6 Å². The fraction of sp³-hybridized carbons (Fsp3) is 0.348. The van der Waals surface area contributed by atoms with Gasteiger partial charge in [-0.25, -0.2) is 4.98 Å². The molecule has 0 aliphatic rings. The highest BCUT2D eigenvalue weighted by Crippen LogP contribution is 2.31. The third-order valence-corrected chi connectivity index (χ3v) is 5.31. The third-order valence-electron chi connectivity index (χ3n) is 4.94. The number of aliphatic hydroxyl groups excluding tert-OH is 1. The lowest BCUT2D eigenvalue weighted by Gasteiger charge is -2.26. The number of ether oxygens (including phenoxy) is 3. The first-order chi connectivity index (χ1) is 14.9. The molecular weight excluding hydrogens is 418 g/mol. The Morgan fingerprint density at radius 3 is 2.39 bits per heavy atom. The van der Waals surface area contributed by atoms with Crippen LogP contribution in [0.4, 0.5) is 5.69 Å². The summed E-state index contributed by atoms with van der Waals surface area (Å²) in [6.45, 7) is 5.24. The van der Waals surface area contributed by atoms with Crippen LogP contribution in [0, 0.1) is 6.92 Å². The Balaban J connectivity index is 1.58. The summed E-state index contributed by atoms with van der Waals surface area (Å²) in [4.78, 5) is 9.49. The number of hydrogen-bond donors (Lipinski definition) is 2. The predicted octanol–water partition coefficient (Wildman–Crippen LogP) is 4.32. The van der Waals surface area contributed by atoms with E-state index in [2.05, 4.69) is 14.9 Å². The molecule has 31 heavy (non-hydrogen) atoms. The molecule has 7 nitrogen and oxygen atoms in total. The average molecular weight is 446 g/mol. The zero-order chi connectivity index (χ0) is 22.4. The van der Waals surface area contributed by atoms with Gasteiger partial charge in [-0.15, -0.1) is 0 Å². The van der Waals surface area contributed by atoms with E-state index in [9.17, 15) is 5.11 Å². The number of aromatic nitrogens is 2. The maximum atomic E-state index is 10.5. The van der Waals surface area contributed by atoms with Crippen LogP contribution >= 0.6 is 11.6 Å². The average Bonchev–Trinajstić information content (AvgIpc) is 3.14. The van der Waals surface area contributed by atoms with Crippen LogP contribution in [-0.2, 0) is 0 Å². The van der Waals surface area contributed by atoms with E-state index in [-0.39, 0.29) is 6.61 Å². The minimum Gasteiger partial charge on any atom is -0.493 e. The van der Waals surface area contributed by atoms with E-state index in [1.807, 2.05) is 56.3 Å². The molecule has 3 rings (SSSR count). The molecule has 2 N–H and O–H groups in total. The Morgan fingerprint density at radius 1 is 1.10 bits per heavy atom. The maximum Gasteiger partial charge on any atom is 0.162 e. The SMILES string of the molecule is CCN(CC(O)COc1ccc(-c2nc(Cl)c(C)[nH]2)cc1)c1ccc(OC)c(OC)c1. The van der Waals surface area contributed by atoms with E-state index in [0.717, 1.165) is 23.5 Å². The van der Waals surface area contributed by atoms with Crippen molar-refractivity contribution in [2.45, 2.75) is 20.0 Å². The van der Waals surface area contributed by atoms with E-state index in [0.29, 0.717) is 34.8 Å². The van der Waals surface area contributed by atoms with E-state index in [1.54, 1.807) is 14.2 Å². The maximum absolute atomic E-state index is 10.5. The van der Waals surface area contributed by atoms with Gasteiger partial charge in [-0.05, 0) is 50.2 Å². The van der Waals surface area contributed by atoms with Gasteiger partial charge in [0.1, 0.15) is 29.4 Å². The number of rotatable bonds is 10. The van der Waals surface area contributed by atoms with Crippen LogP contribution in [-0.4, -0.2) is 55.1 Å². The molecule has 166 valence electrons. The predicted molar refractivity (Wildman–Crippen MR) is 123 cm³/mol. The van der Waals surface area contributed by atoms with Crippen molar-refractivity contribution in [2.24, 2.45) is 0 Å². The van der Waals surface area contributed by atoms with Crippen LogP contribution in [0.5, 0.6) is 17.2 Å². The van der Waals surface area contributed by atoms with Gasteiger partial charge < -0.3 is 29.2 Å². The zero-order valence-corrected chi connectivity index (χ0v) is 18.9. The first kappa shape index (κ1) is 22.8. The van der Waals surface area contributed by atoms with Crippen LogP contribution in [0.25, 0.3) is 11.4 Å². The zero-order valence-electron chi connectivity index (χ0n) is 18.2. The summed E-state index contributed by atoms with van der Waals surface area (Å²) in [5, 5.41) is 11.0. The molecule has 1 unspecified atom stereocenters. The third kappa shape index (κ3) is 5.62. The number of halogens is 1. The number of aliphatic hydroxyl groups is 1. The molecule has 1 aromatic heterocycles. The number of likely N-dealkylation sites (N-methyl/N-ethyl adjacent to an activating group) is 1. The second-order valence-electron chi connectivity index (χ2n) is 7.07. The number of aryl methyl sites for hydroxylation is 1. The summed E-state index contributed by atoms with van der Waals surface area (Å²) >= 11 is 6.01. The molecule has 1 atom stereocenters. The van der Waals surface area contributed by atoms with Crippen molar-refractivity contribution in [1.29, 1.82) is 0 Å². The summed E-state index contributed by atoms with van der Waals surface area (Å²) < 4.78 is 16.4. The molecule has 3 aromatic rings. The highest BCUT2D eigenvalue weighted by Gasteiger charge is 2.15. The van der Waals surface area contributed by atoms with Crippen molar-refractivity contribution in [3.63, 3.8) is 0 Å². The van der Waals surface area contributed by atoms with Gasteiger partial charge in [0.15, 0.2) is 11.5 Å². The first-order valence-corrected chi connectivity index (χ1v) is 10.4. The van der Waals surface area contributed by atoms with Crippen molar-refractivity contribution in [2.75, 3.05) is 38.8 Å². The number of benzene rings is 2. The molecule has 8 heteroatoms. The van der Waals surface area contributed by atoms with E-state index < -0.39 is 6.10 Å². The van der Waals surface area contributed by atoms with Gasteiger partial charge in [-0.1, -0.05) is 11.6 Å². The Morgan fingerprint density at radius 2 is 1.81 bits per heavy atom. The molecule has 0 amide bonds. The van der Waals surface area contributed by atoms with Crippen molar-refractivity contribution in [1.82, 2.24) is 9.97 Å². The lowest BCUT2D eigenvalue weighted by atomic mass is 10.2. The molecule has 0 fully saturated rings. The minimum absolute atomic E-state index is 0.175. The normalized spacial score (nSPS) is 11.8. The van der Waals surface area contributed by atoms with Crippen LogP contribution in [0.2, 0.25) is 5.15 Å². The second-order valence-corrected chi connectivity index (χ2v) is 7.43. The monoisotopic (exact) mass is 445 g/mol. The fourth-order valence-electron chi connectivity index (χ4n) is 3.22. The van der Waals surface area contributed by atoms with Gasteiger partial charge in [0.05, 0.1) is 19.9 Å². The molecule has 0 aliphatic carbocycles. The molecule has 2 aromatic carbocycles. The summed E-state index contributed by atoms with van der Waals surface area (Å²) in [6, 6.07) is 13.2.